The van der Waals surface area contributed by atoms with Crippen molar-refractivity contribution in [2.24, 2.45) is 5.92 Å². The molecule has 3 aromatic carbocycles. The molecule has 1 fully saturated rings. The molecule has 10 heteroatoms. The second-order valence-corrected chi connectivity index (χ2v) is 14.0. The molecule has 1 saturated heterocycles. The highest BCUT2D eigenvalue weighted by Gasteiger charge is 2.41. The highest BCUT2D eigenvalue weighted by Crippen LogP contribution is 2.48. The first-order valence-corrected chi connectivity index (χ1v) is 18.1. The number of halogens is 2. The number of carbonyl (C=O) groups is 1. The molecule has 4 aromatic rings. The summed E-state index contributed by atoms with van der Waals surface area (Å²) in [6.07, 6.45) is 2.78. The number of esters is 1. The summed E-state index contributed by atoms with van der Waals surface area (Å²) in [4.78, 5) is 21.9. The zero-order chi connectivity index (χ0) is 34.9. The van der Waals surface area contributed by atoms with E-state index < -0.39 is 0 Å². The molecule has 0 bridgehead atoms. The zero-order valence-corrected chi connectivity index (χ0v) is 30.6. The largest absolute Gasteiger partial charge is 0.496 e. The summed E-state index contributed by atoms with van der Waals surface area (Å²) >= 11 is 14.5. The molecule has 2 aliphatic heterocycles. The van der Waals surface area contributed by atoms with Crippen molar-refractivity contribution < 1.29 is 23.7 Å². The van der Waals surface area contributed by atoms with Gasteiger partial charge in [-0.05, 0) is 55.0 Å². The minimum absolute atomic E-state index is 0.0577. The van der Waals surface area contributed by atoms with E-state index in [2.05, 4.69) is 28.0 Å². The molecule has 0 saturated carbocycles. The van der Waals surface area contributed by atoms with Crippen LogP contribution in [-0.4, -0.2) is 81.5 Å². The summed E-state index contributed by atoms with van der Waals surface area (Å²) in [5.74, 6) is 1.33. The molecule has 0 spiro atoms. The normalized spacial score (nSPS) is 17.6. The Labute approximate surface area is 304 Å². The van der Waals surface area contributed by atoms with Gasteiger partial charge in [-0.2, -0.15) is 0 Å². The van der Waals surface area contributed by atoms with Gasteiger partial charge in [0.25, 0.3) is 0 Å². The molecular formula is C40H43Cl2N3O5. The summed E-state index contributed by atoms with van der Waals surface area (Å²) in [6.45, 7) is 6.97. The van der Waals surface area contributed by atoms with Gasteiger partial charge >= 0.3 is 5.97 Å². The fourth-order valence-corrected chi connectivity index (χ4v) is 8.45. The number of benzene rings is 3. The third-order valence-electron chi connectivity index (χ3n) is 10.4. The van der Waals surface area contributed by atoms with Crippen LogP contribution in [0.1, 0.15) is 41.6 Å². The van der Waals surface area contributed by atoms with Crippen LogP contribution in [0.25, 0.3) is 33.5 Å². The average molecular weight is 717 g/mol. The molecule has 3 aliphatic rings. The van der Waals surface area contributed by atoms with Gasteiger partial charge in [-0.1, -0.05) is 65.7 Å². The molecule has 0 radical (unpaired) electrons. The fraction of sp³-hybridized carbons (Fsp3) is 0.400. The van der Waals surface area contributed by atoms with Crippen LogP contribution >= 0.6 is 23.2 Å². The molecule has 1 atom stereocenters. The lowest BCUT2D eigenvalue weighted by molar-refractivity contribution is -0.155. The van der Waals surface area contributed by atoms with Crippen molar-refractivity contribution in [1.82, 2.24) is 14.8 Å². The Kier molecular flexibility index (Phi) is 10.4. The number of ether oxygens (including phenoxy) is 4. The number of rotatable bonds is 11. The van der Waals surface area contributed by atoms with Crippen molar-refractivity contribution in [1.29, 1.82) is 0 Å². The standard InChI is InChI=1S/C40H43Cl2N3O5/c1-5-50-40(46)27-22-45(23-27)34-13-12-24-18-25(20-35(48-3)36(24)34)28-8-6-9-30(37(28)41)31-10-7-11-32(38(31)42)33-19-26-21-44(16-17-47-2)15-14-29(26)39(43-33)49-4/h6-11,18-20,27,34H,5,12-17,21-23H2,1-4H3/t34-/m1/s1. The summed E-state index contributed by atoms with van der Waals surface area (Å²) < 4.78 is 22.3. The molecular weight excluding hydrogens is 673 g/mol. The monoisotopic (exact) mass is 715 g/mol. The van der Waals surface area contributed by atoms with Crippen LogP contribution in [0, 0.1) is 5.92 Å². The van der Waals surface area contributed by atoms with Crippen LogP contribution in [-0.2, 0) is 33.7 Å². The number of nitrogens with zero attached hydrogens (tertiary/aromatic N) is 3. The molecule has 3 heterocycles. The Bertz CT molecular complexity index is 1910. The summed E-state index contributed by atoms with van der Waals surface area (Å²) in [6, 6.07) is 18.8. The van der Waals surface area contributed by atoms with E-state index >= 15 is 0 Å². The van der Waals surface area contributed by atoms with Gasteiger partial charge in [0.15, 0.2) is 0 Å². The SMILES string of the molecule is CCOC(=O)C1CN([C@@H]2CCc3cc(-c4cccc(-c5cccc(-c6cc7c(c(OC)n6)CCN(CCOC)C7)c5Cl)c4Cl)cc(OC)c32)C1. The Balaban J connectivity index is 1.19. The number of fused-ring (bicyclic) bond motifs is 2. The van der Waals surface area contributed by atoms with E-state index in [9.17, 15) is 4.79 Å². The molecule has 50 heavy (non-hydrogen) atoms. The number of likely N-dealkylation sites (tertiary alicyclic amines) is 1. The van der Waals surface area contributed by atoms with Crippen LogP contribution < -0.4 is 9.47 Å². The predicted octanol–water partition coefficient (Wildman–Crippen LogP) is 7.89. The van der Waals surface area contributed by atoms with Crippen LogP contribution in [0.5, 0.6) is 11.6 Å². The number of methoxy groups -OCH3 is 3. The van der Waals surface area contributed by atoms with Gasteiger partial charge < -0.3 is 18.9 Å². The second-order valence-electron chi connectivity index (χ2n) is 13.2. The van der Waals surface area contributed by atoms with Gasteiger partial charge in [0.05, 0.1) is 49.1 Å². The van der Waals surface area contributed by atoms with E-state index in [4.69, 9.17) is 47.1 Å². The molecule has 262 valence electrons. The Morgan fingerprint density at radius 1 is 0.900 bits per heavy atom. The Morgan fingerprint density at radius 2 is 1.62 bits per heavy atom. The van der Waals surface area contributed by atoms with E-state index in [1.165, 1.54) is 16.7 Å². The lowest BCUT2D eigenvalue weighted by Gasteiger charge is -2.42. The molecule has 8 nitrogen and oxygen atoms in total. The fourth-order valence-electron chi connectivity index (χ4n) is 7.79. The van der Waals surface area contributed by atoms with E-state index in [1.54, 1.807) is 21.3 Å². The second kappa shape index (κ2) is 14.9. The van der Waals surface area contributed by atoms with Crippen LogP contribution in [0.3, 0.4) is 0 Å². The molecule has 1 aliphatic carbocycles. The topological polar surface area (TPSA) is 73.4 Å². The van der Waals surface area contributed by atoms with Crippen LogP contribution in [0.4, 0.5) is 0 Å². The van der Waals surface area contributed by atoms with E-state index in [1.807, 2.05) is 43.3 Å². The summed E-state index contributed by atoms with van der Waals surface area (Å²) in [5.41, 5.74) is 9.96. The molecule has 0 amide bonds. The highest BCUT2D eigenvalue weighted by molar-refractivity contribution is 6.39. The number of hydrogen-bond acceptors (Lipinski definition) is 8. The van der Waals surface area contributed by atoms with Crippen molar-refractivity contribution in [3.63, 3.8) is 0 Å². The van der Waals surface area contributed by atoms with Crippen molar-refractivity contribution in [2.45, 2.75) is 38.8 Å². The van der Waals surface area contributed by atoms with Gasteiger partial charge in [-0.25, -0.2) is 4.98 Å². The van der Waals surface area contributed by atoms with Gasteiger partial charge in [0.2, 0.25) is 5.88 Å². The molecule has 1 aromatic heterocycles. The third kappa shape index (κ3) is 6.48. The summed E-state index contributed by atoms with van der Waals surface area (Å²) in [5, 5.41) is 1.20. The number of aryl methyl sites for hydroxylation is 1. The van der Waals surface area contributed by atoms with Crippen LogP contribution in [0.15, 0.2) is 54.6 Å². The minimum atomic E-state index is -0.104. The minimum Gasteiger partial charge on any atom is -0.496 e. The number of aromatic nitrogens is 1. The maximum Gasteiger partial charge on any atom is 0.311 e. The lowest BCUT2D eigenvalue weighted by Crippen LogP contribution is -2.51. The number of carbonyl (C=O) groups excluding carboxylic acids is 1. The quantitative estimate of drug-likeness (QED) is 0.145. The Morgan fingerprint density at radius 3 is 2.32 bits per heavy atom. The van der Waals surface area contributed by atoms with Gasteiger partial charge in [0.1, 0.15) is 5.75 Å². The van der Waals surface area contributed by atoms with Crippen molar-refractivity contribution in [3.05, 3.63) is 86.9 Å². The smallest absolute Gasteiger partial charge is 0.311 e. The van der Waals surface area contributed by atoms with E-state index in [-0.39, 0.29) is 17.9 Å². The Hall–Kier alpha value is -3.66. The van der Waals surface area contributed by atoms with Crippen molar-refractivity contribution >= 4 is 29.2 Å². The van der Waals surface area contributed by atoms with Gasteiger partial charge in [-0.3, -0.25) is 14.6 Å². The van der Waals surface area contributed by atoms with Gasteiger partial charge in [0, 0.05) is 79.3 Å². The van der Waals surface area contributed by atoms with E-state index in [0.717, 1.165) is 83.7 Å². The van der Waals surface area contributed by atoms with Gasteiger partial charge in [-0.15, -0.1) is 0 Å². The van der Waals surface area contributed by atoms with Crippen molar-refractivity contribution in [3.8, 4) is 45.1 Å². The third-order valence-corrected chi connectivity index (χ3v) is 11.2. The molecule has 0 N–H and O–H groups in total. The first kappa shape index (κ1) is 34.8. The highest BCUT2D eigenvalue weighted by atomic mass is 35.5. The zero-order valence-electron chi connectivity index (χ0n) is 29.1. The lowest BCUT2D eigenvalue weighted by atomic mass is 9.92. The summed E-state index contributed by atoms with van der Waals surface area (Å²) in [7, 11) is 5.13. The predicted molar refractivity (Wildman–Crippen MR) is 197 cm³/mol. The average Bonchev–Trinajstić information content (AvgIpc) is 3.53. The number of hydrogen-bond donors (Lipinski definition) is 0. The van der Waals surface area contributed by atoms with Crippen LogP contribution in [0.2, 0.25) is 10.0 Å². The first-order valence-electron chi connectivity index (χ1n) is 17.3. The van der Waals surface area contributed by atoms with E-state index in [0.29, 0.717) is 42.2 Å². The molecule has 0 unspecified atom stereocenters. The maximum absolute atomic E-state index is 12.2. The van der Waals surface area contributed by atoms with Crippen molar-refractivity contribution in [2.75, 3.05) is 60.7 Å². The number of pyridine rings is 1. The molecule has 7 rings (SSSR count). The first-order chi connectivity index (χ1) is 24.3. The maximum atomic E-state index is 12.2.